The van der Waals surface area contributed by atoms with Crippen molar-refractivity contribution < 1.29 is 4.79 Å². The third-order valence-electron chi connectivity index (χ3n) is 5.49. The van der Waals surface area contributed by atoms with Gasteiger partial charge in [-0.25, -0.2) is 4.98 Å². The van der Waals surface area contributed by atoms with Crippen LogP contribution in [0.15, 0.2) is 65.0 Å². The number of thioether (sulfide) groups is 1. The highest BCUT2D eigenvalue weighted by Crippen LogP contribution is 2.42. The molecule has 4 nitrogen and oxygen atoms in total. The van der Waals surface area contributed by atoms with Crippen LogP contribution in [0.4, 0.5) is 0 Å². The number of Topliss-reactive ketones (excluding diaryl/α,β-unsaturated/α-hetero) is 1. The second-order valence-electron chi connectivity index (χ2n) is 7.37. The maximum atomic E-state index is 13.1. The smallest absolute Gasteiger partial charge is 0.186 e. The van der Waals surface area contributed by atoms with Crippen molar-refractivity contribution in [2.45, 2.75) is 19.4 Å². The number of hydrogen-bond acceptors (Lipinski definition) is 5. The van der Waals surface area contributed by atoms with Gasteiger partial charge in [0.15, 0.2) is 5.78 Å². The highest BCUT2D eigenvalue weighted by molar-refractivity contribution is 8.19. The quantitative estimate of drug-likeness (QED) is 0.350. The predicted molar refractivity (Wildman–Crippen MR) is 130 cm³/mol. The molecule has 3 heterocycles. The average molecular weight is 464 g/mol. The Morgan fingerprint density at radius 3 is 2.71 bits per heavy atom. The lowest BCUT2D eigenvalue weighted by Gasteiger charge is -2.09. The summed E-state index contributed by atoms with van der Waals surface area (Å²) in [4.78, 5) is 18.0. The highest BCUT2D eigenvalue weighted by Gasteiger charge is 2.38. The minimum Gasteiger partial charge on any atom is -0.340 e. The van der Waals surface area contributed by atoms with Gasteiger partial charge in [-0.2, -0.15) is 0 Å². The first kappa shape index (κ1) is 20.2. The molecule has 1 fully saturated rings. The molecule has 0 radical (unpaired) electrons. The van der Waals surface area contributed by atoms with Gasteiger partial charge in [-0.3, -0.25) is 10.2 Å². The topological polar surface area (TPSA) is 58.7 Å². The first-order valence-electron chi connectivity index (χ1n) is 9.77. The van der Waals surface area contributed by atoms with Gasteiger partial charge in [-0.1, -0.05) is 53.7 Å². The van der Waals surface area contributed by atoms with Crippen molar-refractivity contribution in [2.24, 2.45) is 0 Å². The third kappa shape index (κ3) is 3.65. The van der Waals surface area contributed by atoms with E-state index in [-0.39, 0.29) is 5.78 Å². The molecule has 0 amide bonds. The van der Waals surface area contributed by atoms with Crippen molar-refractivity contribution in [2.75, 3.05) is 0 Å². The van der Waals surface area contributed by atoms with Crippen LogP contribution in [0.2, 0.25) is 5.02 Å². The van der Waals surface area contributed by atoms with E-state index < -0.39 is 5.92 Å². The zero-order valence-electron chi connectivity index (χ0n) is 16.6. The number of rotatable bonds is 4. The van der Waals surface area contributed by atoms with Crippen LogP contribution in [0.1, 0.15) is 27.7 Å². The van der Waals surface area contributed by atoms with Crippen molar-refractivity contribution in [3.63, 3.8) is 0 Å². The summed E-state index contributed by atoms with van der Waals surface area (Å²) in [5.74, 6) is -0.613. The van der Waals surface area contributed by atoms with Crippen molar-refractivity contribution >= 4 is 62.5 Å². The van der Waals surface area contributed by atoms with Crippen LogP contribution in [0.3, 0.4) is 0 Å². The number of aromatic nitrogens is 2. The van der Waals surface area contributed by atoms with E-state index in [1.165, 1.54) is 23.1 Å². The Morgan fingerprint density at radius 1 is 1.19 bits per heavy atom. The van der Waals surface area contributed by atoms with E-state index >= 15 is 0 Å². The number of benzene rings is 2. The zero-order valence-corrected chi connectivity index (χ0v) is 19.0. The lowest BCUT2D eigenvalue weighted by Crippen LogP contribution is -2.11. The first-order chi connectivity index (χ1) is 15.0. The number of thiazole rings is 1. The van der Waals surface area contributed by atoms with Crippen LogP contribution in [-0.2, 0) is 11.3 Å². The van der Waals surface area contributed by atoms with Crippen molar-refractivity contribution in [3.05, 3.63) is 91.9 Å². The summed E-state index contributed by atoms with van der Waals surface area (Å²) in [7, 11) is 0. The van der Waals surface area contributed by atoms with Gasteiger partial charge in [-0.05, 0) is 36.8 Å². The summed E-state index contributed by atoms with van der Waals surface area (Å²) in [5, 5.41) is 13.0. The SMILES string of the molecule is Cc1c(/C=C2\SC(=N)[C@@H](c3nccs3)C2=O)c2ccccc2n1Cc1ccc(Cl)cc1. The number of carbonyl (C=O) groups is 1. The molecule has 1 atom stereocenters. The van der Waals surface area contributed by atoms with Crippen LogP contribution in [-0.4, -0.2) is 20.4 Å². The Bertz CT molecular complexity index is 1340. The summed E-state index contributed by atoms with van der Waals surface area (Å²) < 4.78 is 2.26. The Balaban J connectivity index is 1.58. The van der Waals surface area contributed by atoms with Crippen molar-refractivity contribution in [1.82, 2.24) is 9.55 Å². The number of hydrogen-bond donors (Lipinski definition) is 1. The molecule has 1 aliphatic heterocycles. The summed E-state index contributed by atoms with van der Waals surface area (Å²) in [6.07, 6.45) is 3.63. The fourth-order valence-corrected chi connectivity index (χ4v) is 5.85. The summed E-state index contributed by atoms with van der Waals surface area (Å²) >= 11 is 8.71. The first-order valence-corrected chi connectivity index (χ1v) is 11.8. The number of ketones is 1. The molecule has 2 aromatic heterocycles. The average Bonchev–Trinajstić information content (AvgIpc) is 3.44. The van der Waals surface area contributed by atoms with E-state index in [2.05, 4.69) is 28.6 Å². The summed E-state index contributed by atoms with van der Waals surface area (Å²) in [6, 6.07) is 16.1. The van der Waals surface area contributed by atoms with Crippen LogP contribution in [0, 0.1) is 12.3 Å². The van der Waals surface area contributed by atoms with Gasteiger partial charge in [0.1, 0.15) is 10.9 Å². The Hall–Kier alpha value is -2.67. The standard InChI is InChI=1S/C24H18ClN3OS2/c1-14-18(12-20-22(29)21(23(26)31-20)24-27-10-11-30-24)17-4-2-3-5-19(17)28(14)13-15-6-8-16(25)9-7-15/h2-12,21,26H,13H2,1H3/b20-12-,26-23?/t21-/m0/s1. The molecule has 4 aromatic rings. The monoisotopic (exact) mass is 463 g/mol. The van der Waals surface area contributed by atoms with E-state index in [0.29, 0.717) is 21.5 Å². The number of para-hydroxylation sites is 1. The van der Waals surface area contributed by atoms with Crippen LogP contribution in [0.25, 0.3) is 17.0 Å². The molecule has 0 bridgehead atoms. The van der Waals surface area contributed by atoms with Crippen molar-refractivity contribution in [1.29, 1.82) is 5.41 Å². The fourth-order valence-electron chi connectivity index (χ4n) is 3.94. The third-order valence-corrected chi connectivity index (χ3v) is 7.58. The molecule has 1 saturated heterocycles. The molecular formula is C24H18ClN3OS2. The molecule has 5 rings (SSSR count). The molecule has 2 aromatic carbocycles. The molecule has 31 heavy (non-hydrogen) atoms. The summed E-state index contributed by atoms with van der Waals surface area (Å²) in [5.41, 5.74) is 4.38. The lowest BCUT2D eigenvalue weighted by molar-refractivity contribution is -0.114. The van der Waals surface area contributed by atoms with Crippen LogP contribution in [0.5, 0.6) is 0 Å². The normalized spacial score (nSPS) is 17.9. The van der Waals surface area contributed by atoms with Crippen molar-refractivity contribution in [3.8, 4) is 0 Å². The predicted octanol–water partition coefficient (Wildman–Crippen LogP) is 6.53. The zero-order chi connectivity index (χ0) is 21.5. The van der Waals surface area contributed by atoms with E-state index in [1.807, 2.05) is 47.9 Å². The minimum atomic E-state index is -0.570. The number of allylic oxidation sites excluding steroid dienone is 1. The number of carbonyl (C=O) groups excluding carboxylic acids is 1. The molecule has 1 N–H and O–H groups in total. The molecule has 154 valence electrons. The van der Waals surface area contributed by atoms with Gasteiger partial charge in [0.05, 0.1) is 9.95 Å². The highest BCUT2D eigenvalue weighted by atomic mass is 35.5. The number of nitrogens with one attached hydrogen (secondary N) is 1. The van der Waals surface area contributed by atoms with E-state index in [4.69, 9.17) is 17.0 Å². The maximum Gasteiger partial charge on any atom is 0.186 e. The largest absolute Gasteiger partial charge is 0.340 e. The van der Waals surface area contributed by atoms with E-state index in [9.17, 15) is 4.79 Å². The Labute approximate surface area is 193 Å². The second kappa shape index (κ2) is 8.11. The Kier molecular flexibility index (Phi) is 5.30. The van der Waals surface area contributed by atoms with E-state index in [0.717, 1.165) is 32.7 Å². The van der Waals surface area contributed by atoms with E-state index in [1.54, 1.807) is 6.20 Å². The Morgan fingerprint density at radius 2 is 1.97 bits per heavy atom. The fraction of sp³-hybridized carbons (Fsp3) is 0.125. The molecule has 1 aliphatic rings. The summed E-state index contributed by atoms with van der Waals surface area (Å²) in [6.45, 7) is 2.79. The van der Waals surface area contributed by atoms with Gasteiger partial charge in [0, 0.05) is 45.3 Å². The van der Waals surface area contributed by atoms with Gasteiger partial charge < -0.3 is 4.57 Å². The van der Waals surface area contributed by atoms with Gasteiger partial charge in [0.2, 0.25) is 0 Å². The van der Waals surface area contributed by atoms with Gasteiger partial charge in [0.25, 0.3) is 0 Å². The molecule has 0 unspecified atom stereocenters. The molecular weight excluding hydrogens is 446 g/mol. The number of halogens is 1. The van der Waals surface area contributed by atoms with Crippen LogP contribution < -0.4 is 0 Å². The van der Waals surface area contributed by atoms with Crippen LogP contribution >= 0.6 is 34.7 Å². The molecule has 0 spiro atoms. The van der Waals surface area contributed by atoms with Gasteiger partial charge in [-0.15, -0.1) is 11.3 Å². The molecule has 7 heteroatoms. The lowest BCUT2D eigenvalue weighted by atomic mass is 10.0. The maximum absolute atomic E-state index is 13.1. The number of fused-ring (bicyclic) bond motifs is 1. The number of nitrogens with zero attached hydrogens (tertiary/aromatic N) is 2. The molecule has 0 aliphatic carbocycles. The minimum absolute atomic E-state index is 0.0427. The second-order valence-corrected chi connectivity index (χ2v) is 9.82. The molecule has 0 saturated carbocycles. The van der Waals surface area contributed by atoms with Gasteiger partial charge >= 0.3 is 0 Å².